The van der Waals surface area contributed by atoms with Crippen molar-refractivity contribution < 1.29 is 4.79 Å². The van der Waals surface area contributed by atoms with Gasteiger partial charge in [0.25, 0.3) is 0 Å². The van der Waals surface area contributed by atoms with E-state index < -0.39 is 0 Å². The highest BCUT2D eigenvalue weighted by molar-refractivity contribution is 5.78. The Balaban J connectivity index is 2.07. The first kappa shape index (κ1) is 10.7. The Morgan fingerprint density at radius 1 is 1.54 bits per heavy atom. The van der Waals surface area contributed by atoms with Crippen molar-refractivity contribution in [3.63, 3.8) is 0 Å². The molecule has 0 aromatic rings. The van der Waals surface area contributed by atoms with Crippen LogP contribution in [0, 0.1) is 11.8 Å². The Bertz CT molecular complexity index is 159. The molecule has 1 fully saturated rings. The highest BCUT2D eigenvalue weighted by atomic mass is 16.1. The molecule has 0 aromatic heterocycles. The molecule has 0 saturated carbocycles. The summed E-state index contributed by atoms with van der Waals surface area (Å²) in [5.74, 6) is 1.73. The summed E-state index contributed by atoms with van der Waals surface area (Å²) in [6.07, 6.45) is 3.91. The molecular weight excluding hydrogens is 162 g/mol. The summed E-state index contributed by atoms with van der Waals surface area (Å²) in [5.41, 5.74) is 0. The number of hydrogen-bond donors (Lipinski definition) is 1. The van der Waals surface area contributed by atoms with Gasteiger partial charge in [0.1, 0.15) is 5.78 Å². The van der Waals surface area contributed by atoms with Gasteiger partial charge in [-0.05, 0) is 37.8 Å². The summed E-state index contributed by atoms with van der Waals surface area (Å²) in [4.78, 5) is 11.4. The third-order valence-corrected chi connectivity index (χ3v) is 2.63. The topological polar surface area (TPSA) is 29.1 Å². The Morgan fingerprint density at radius 3 is 2.85 bits per heavy atom. The second kappa shape index (κ2) is 5.38. The molecule has 1 atom stereocenters. The van der Waals surface area contributed by atoms with Gasteiger partial charge in [-0.15, -0.1) is 0 Å². The zero-order valence-corrected chi connectivity index (χ0v) is 8.81. The molecule has 76 valence electrons. The lowest BCUT2D eigenvalue weighted by Crippen LogP contribution is -2.11. The number of rotatable bonds is 5. The molecule has 0 amide bonds. The smallest absolute Gasteiger partial charge is 0.133 e. The Labute approximate surface area is 81.1 Å². The summed E-state index contributed by atoms with van der Waals surface area (Å²) >= 11 is 0. The molecule has 1 heterocycles. The molecule has 0 bridgehead atoms. The average molecular weight is 183 g/mol. The number of carbonyl (C=O) groups excluding carboxylic acids is 1. The van der Waals surface area contributed by atoms with Gasteiger partial charge < -0.3 is 5.32 Å². The molecule has 2 nitrogen and oxygen atoms in total. The van der Waals surface area contributed by atoms with Gasteiger partial charge in [-0.1, -0.05) is 13.8 Å². The third-order valence-electron chi connectivity index (χ3n) is 2.63. The van der Waals surface area contributed by atoms with Gasteiger partial charge in [0, 0.05) is 12.8 Å². The minimum Gasteiger partial charge on any atom is -0.316 e. The van der Waals surface area contributed by atoms with E-state index in [9.17, 15) is 4.79 Å². The van der Waals surface area contributed by atoms with E-state index in [0.717, 1.165) is 38.3 Å². The van der Waals surface area contributed by atoms with Gasteiger partial charge in [-0.2, -0.15) is 0 Å². The van der Waals surface area contributed by atoms with Gasteiger partial charge in [-0.25, -0.2) is 0 Å². The van der Waals surface area contributed by atoms with Crippen molar-refractivity contribution in [2.24, 2.45) is 11.8 Å². The third kappa shape index (κ3) is 4.41. The number of Topliss-reactive ketones (excluding diaryl/α,β-unsaturated/α-hetero) is 1. The van der Waals surface area contributed by atoms with Crippen molar-refractivity contribution in [2.75, 3.05) is 13.1 Å². The van der Waals surface area contributed by atoms with Crippen LogP contribution >= 0.6 is 0 Å². The maximum atomic E-state index is 11.4. The van der Waals surface area contributed by atoms with Crippen LogP contribution < -0.4 is 5.32 Å². The standard InChI is InChI=1S/C11H21NO/c1-9(2)7-11(13)4-3-10-5-6-12-8-10/h9-10,12H,3-8H2,1-2H3. The lowest BCUT2D eigenvalue weighted by atomic mass is 9.97. The Morgan fingerprint density at radius 2 is 2.31 bits per heavy atom. The van der Waals surface area contributed by atoms with E-state index in [-0.39, 0.29) is 0 Å². The molecule has 1 N–H and O–H groups in total. The maximum absolute atomic E-state index is 11.4. The second-order valence-electron chi connectivity index (χ2n) is 4.53. The first-order valence-electron chi connectivity index (χ1n) is 5.41. The van der Waals surface area contributed by atoms with E-state index in [2.05, 4.69) is 19.2 Å². The predicted molar refractivity (Wildman–Crippen MR) is 54.7 cm³/mol. The quantitative estimate of drug-likeness (QED) is 0.706. The van der Waals surface area contributed by atoms with Gasteiger partial charge in [0.2, 0.25) is 0 Å². The molecule has 0 radical (unpaired) electrons. The highest BCUT2D eigenvalue weighted by Crippen LogP contribution is 2.15. The van der Waals surface area contributed by atoms with Crippen molar-refractivity contribution in [1.82, 2.24) is 5.32 Å². The second-order valence-corrected chi connectivity index (χ2v) is 4.53. The largest absolute Gasteiger partial charge is 0.316 e. The molecule has 1 aliphatic heterocycles. The minimum atomic E-state index is 0.446. The summed E-state index contributed by atoms with van der Waals surface area (Å²) in [5, 5.41) is 3.33. The van der Waals surface area contributed by atoms with E-state index in [4.69, 9.17) is 0 Å². The first-order chi connectivity index (χ1) is 6.18. The Hall–Kier alpha value is -0.370. The SMILES string of the molecule is CC(C)CC(=O)CCC1CCNC1. The fourth-order valence-electron chi connectivity index (χ4n) is 1.88. The van der Waals surface area contributed by atoms with Gasteiger partial charge >= 0.3 is 0 Å². The summed E-state index contributed by atoms with van der Waals surface area (Å²) in [6, 6.07) is 0. The monoisotopic (exact) mass is 183 g/mol. The Kier molecular flexibility index (Phi) is 4.43. The van der Waals surface area contributed by atoms with Crippen LogP contribution in [-0.2, 0) is 4.79 Å². The lowest BCUT2D eigenvalue weighted by Gasteiger charge is -2.07. The van der Waals surface area contributed by atoms with E-state index in [1.54, 1.807) is 0 Å². The van der Waals surface area contributed by atoms with Crippen molar-refractivity contribution in [2.45, 2.75) is 39.5 Å². The predicted octanol–water partition coefficient (Wildman–Crippen LogP) is 1.99. The van der Waals surface area contributed by atoms with Crippen LogP contribution in [0.2, 0.25) is 0 Å². The molecule has 0 spiro atoms. The van der Waals surface area contributed by atoms with E-state index in [1.165, 1.54) is 6.42 Å². The maximum Gasteiger partial charge on any atom is 0.133 e. The normalized spacial score (nSPS) is 22.5. The fourth-order valence-corrected chi connectivity index (χ4v) is 1.88. The van der Waals surface area contributed by atoms with Crippen LogP contribution in [0.3, 0.4) is 0 Å². The molecule has 0 aromatic carbocycles. The number of ketones is 1. The fraction of sp³-hybridized carbons (Fsp3) is 0.909. The number of hydrogen-bond acceptors (Lipinski definition) is 2. The van der Waals surface area contributed by atoms with Crippen LogP contribution in [-0.4, -0.2) is 18.9 Å². The van der Waals surface area contributed by atoms with Crippen molar-refractivity contribution in [3.8, 4) is 0 Å². The van der Waals surface area contributed by atoms with Crippen molar-refractivity contribution in [3.05, 3.63) is 0 Å². The van der Waals surface area contributed by atoms with E-state index >= 15 is 0 Å². The van der Waals surface area contributed by atoms with E-state index in [1.807, 2.05) is 0 Å². The average Bonchev–Trinajstić information content (AvgIpc) is 2.51. The van der Waals surface area contributed by atoms with Crippen LogP contribution in [0.15, 0.2) is 0 Å². The van der Waals surface area contributed by atoms with Crippen LogP contribution in [0.5, 0.6) is 0 Å². The summed E-state index contributed by atoms with van der Waals surface area (Å²) in [6.45, 7) is 6.47. The van der Waals surface area contributed by atoms with Crippen LogP contribution in [0.1, 0.15) is 39.5 Å². The molecular formula is C11H21NO. The summed E-state index contributed by atoms with van der Waals surface area (Å²) < 4.78 is 0. The van der Waals surface area contributed by atoms with Crippen LogP contribution in [0.4, 0.5) is 0 Å². The lowest BCUT2D eigenvalue weighted by molar-refractivity contribution is -0.120. The zero-order chi connectivity index (χ0) is 9.68. The minimum absolute atomic E-state index is 0.446. The van der Waals surface area contributed by atoms with Crippen molar-refractivity contribution >= 4 is 5.78 Å². The zero-order valence-electron chi connectivity index (χ0n) is 8.81. The van der Waals surface area contributed by atoms with Crippen LogP contribution in [0.25, 0.3) is 0 Å². The first-order valence-corrected chi connectivity index (χ1v) is 5.41. The molecule has 13 heavy (non-hydrogen) atoms. The molecule has 1 unspecified atom stereocenters. The number of nitrogens with one attached hydrogen (secondary N) is 1. The molecule has 1 aliphatic rings. The molecule has 1 saturated heterocycles. The van der Waals surface area contributed by atoms with Gasteiger partial charge in [0.05, 0.1) is 0 Å². The molecule has 2 heteroatoms. The van der Waals surface area contributed by atoms with Gasteiger partial charge in [0.15, 0.2) is 0 Å². The van der Waals surface area contributed by atoms with E-state index in [0.29, 0.717) is 11.7 Å². The molecule has 1 rings (SSSR count). The van der Waals surface area contributed by atoms with Gasteiger partial charge in [-0.3, -0.25) is 4.79 Å². The summed E-state index contributed by atoms with van der Waals surface area (Å²) in [7, 11) is 0. The molecule has 0 aliphatic carbocycles. The number of carbonyl (C=O) groups is 1. The highest BCUT2D eigenvalue weighted by Gasteiger charge is 2.15. The van der Waals surface area contributed by atoms with Crippen molar-refractivity contribution in [1.29, 1.82) is 0 Å².